The Kier molecular flexibility index (Phi) is 4.07. The van der Waals surface area contributed by atoms with E-state index in [9.17, 15) is 4.79 Å². The van der Waals surface area contributed by atoms with Crippen molar-refractivity contribution in [2.75, 3.05) is 7.11 Å². The molecule has 3 saturated carbocycles. The highest BCUT2D eigenvalue weighted by molar-refractivity contribution is 6.11. The van der Waals surface area contributed by atoms with E-state index in [1.54, 1.807) is 7.11 Å². The standard InChI is InChI=1S/C20H25NO3/c1-12-16(6-7-17(12)22)21-15-5-8-18(23-2)20(11-15)24-19-10-13-3-4-14(19)9-13/h5,8,11-14,19H,3-4,6-7,9-10H2,1-2H3/t12?,13-,14+,19+/m0/s1. The topological polar surface area (TPSA) is 47.9 Å². The SMILES string of the molecule is COc1ccc(N=C2CCC(=O)C2C)cc1O[C@@H]1C[C@H]2CC[C@@H]1C2. The molecule has 4 heteroatoms. The van der Waals surface area contributed by atoms with Crippen LogP contribution in [0.3, 0.4) is 0 Å². The van der Waals surface area contributed by atoms with Gasteiger partial charge in [-0.1, -0.05) is 6.92 Å². The molecule has 3 fully saturated rings. The van der Waals surface area contributed by atoms with E-state index in [1.165, 1.54) is 19.3 Å². The lowest BCUT2D eigenvalue weighted by Crippen LogP contribution is -2.23. The summed E-state index contributed by atoms with van der Waals surface area (Å²) in [4.78, 5) is 16.4. The van der Waals surface area contributed by atoms with Gasteiger partial charge in [-0.3, -0.25) is 9.79 Å². The van der Waals surface area contributed by atoms with Gasteiger partial charge in [-0.15, -0.1) is 0 Å². The van der Waals surface area contributed by atoms with Crippen LogP contribution < -0.4 is 9.47 Å². The van der Waals surface area contributed by atoms with Crippen LogP contribution in [0, 0.1) is 17.8 Å². The summed E-state index contributed by atoms with van der Waals surface area (Å²) in [6, 6.07) is 5.83. The highest BCUT2D eigenvalue weighted by Gasteiger charge is 2.41. The van der Waals surface area contributed by atoms with Gasteiger partial charge in [0.1, 0.15) is 11.9 Å². The van der Waals surface area contributed by atoms with E-state index in [-0.39, 0.29) is 5.92 Å². The minimum Gasteiger partial charge on any atom is -0.493 e. The number of Topliss-reactive ketones (excluding diaryl/α,β-unsaturated/α-hetero) is 1. The van der Waals surface area contributed by atoms with Crippen molar-refractivity contribution >= 4 is 17.2 Å². The summed E-state index contributed by atoms with van der Waals surface area (Å²) in [7, 11) is 1.67. The van der Waals surface area contributed by atoms with Crippen LogP contribution in [0.15, 0.2) is 23.2 Å². The second-order valence-corrected chi connectivity index (χ2v) is 7.46. The van der Waals surface area contributed by atoms with Crippen LogP contribution in [-0.4, -0.2) is 24.7 Å². The minimum absolute atomic E-state index is 0.0537. The van der Waals surface area contributed by atoms with E-state index < -0.39 is 0 Å². The quantitative estimate of drug-likeness (QED) is 0.827. The van der Waals surface area contributed by atoms with E-state index in [4.69, 9.17) is 14.5 Å². The van der Waals surface area contributed by atoms with Crippen molar-refractivity contribution in [3.05, 3.63) is 18.2 Å². The lowest BCUT2D eigenvalue weighted by molar-refractivity contribution is -0.119. The molecule has 3 aliphatic carbocycles. The first-order valence-electron chi connectivity index (χ1n) is 9.09. The van der Waals surface area contributed by atoms with Gasteiger partial charge in [-0.25, -0.2) is 0 Å². The second-order valence-electron chi connectivity index (χ2n) is 7.46. The molecule has 24 heavy (non-hydrogen) atoms. The van der Waals surface area contributed by atoms with E-state index in [0.29, 0.717) is 24.2 Å². The van der Waals surface area contributed by atoms with Crippen molar-refractivity contribution in [1.82, 2.24) is 0 Å². The van der Waals surface area contributed by atoms with Crippen LogP contribution in [0.2, 0.25) is 0 Å². The molecule has 2 bridgehead atoms. The van der Waals surface area contributed by atoms with E-state index >= 15 is 0 Å². The zero-order valence-electron chi connectivity index (χ0n) is 14.5. The molecular formula is C20H25NO3. The van der Waals surface area contributed by atoms with Gasteiger partial charge in [0.2, 0.25) is 0 Å². The maximum atomic E-state index is 11.7. The highest BCUT2D eigenvalue weighted by Crippen LogP contribution is 2.47. The van der Waals surface area contributed by atoms with Gasteiger partial charge < -0.3 is 9.47 Å². The number of nitrogens with zero attached hydrogens (tertiary/aromatic N) is 1. The third-order valence-electron chi connectivity index (χ3n) is 5.98. The fourth-order valence-electron chi connectivity index (χ4n) is 4.51. The molecule has 0 amide bonds. The normalized spacial score (nSPS) is 33.4. The predicted octanol–water partition coefficient (Wildman–Crippen LogP) is 4.33. The smallest absolute Gasteiger partial charge is 0.163 e. The van der Waals surface area contributed by atoms with Gasteiger partial charge >= 0.3 is 0 Å². The molecule has 0 N–H and O–H groups in total. The van der Waals surface area contributed by atoms with Crippen molar-refractivity contribution in [2.24, 2.45) is 22.7 Å². The largest absolute Gasteiger partial charge is 0.493 e. The molecule has 0 saturated heterocycles. The number of carbonyl (C=O) groups excluding carboxylic acids is 1. The number of benzene rings is 1. The summed E-state index contributed by atoms with van der Waals surface area (Å²) in [5.41, 5.74) is 1.83. The summed E-state index contributed by atoms with van der Waals surface area (Å²) in [5, 5.41) is 0. The third kappa shape index (κ3) is 2.83. The van der Waals surface area contributed by atoms with Gasteiger partial charge in [-0.2, -0.15) is 0 Å². The Morgan fingerprint density at radius 2 is 2.00 bits per heavy atom. The molecule has 4 nitrogen and oxygen atoms in total. The molecule has 3 aliphatic rings. The molecule has 4 rings (SSSR count). The van der Waals surface area contributed by atoms with Crippen LogP contribution in [0.25, 0.3) is 0 Å². The van der Waals surface area contributed by atoms with Crippen LogP contribution in [-0.2, 0) is 4.79 Å². The van der Waals surface area contributed by atoms with Crippen molar-refractivity contribution < 1.29 is 14.3 Å². The molecule has 0 aliphatic heterocycles. The maximum Gasteiger partial charge on any atom is 0.163 e. The molecule has 1 aromatic carbocycles. The van der Waals surface area contributed by atoms with Gasteiger partial charge in [0.25, 0.3) is 0 Å². The van der Waals surface area contributed by atoms with Gasteiger partial charge in [0.15, 0.2) is 11.5 Å². The number of aliphatic imine (C=N–C) groups is 1. The third-order valence-corrected chi connectivity index (χ3v) is 5.98. The fraction of sp³-hybridized carbons (Fsp3) is 0.600. The molecule has 0 radical (unpaired) electrons. The lowest BCUT2D eigenvalue weighted by Gasteiger charge is -2.24. The van der Waals surface area contributed by atoms with Crippen LogP contribution in [0.5, 0.6) is 11.5 Å². The first-order valence-corrected chi connectivity index (χ1v) is 9.09. The number of ether oxygens (including phenoxy) is 2. The van der Waals surface area contributed by atoms with Crippen molar-refractivity contribution in [1.29, 1.82) is 0 Å². The predicted molar refractivity (Wildman–Crippen MR) is 93.4 cm³/mol. The molecule has 0 aromatic heterocycles. The van der Waals surface area contributed by atoms with E-state index in [0.717, 1.165) is 41.7 Å². The zero-order chi connectivity index (χ0) is 16.7. The molecule has 0 spiro atoms. The number of hydrogen-bond donors (Lipinski definition) is 0. The maximum absolute atomic E-state index is 11.7. The lowest BCUT2D eigenvalue weighted by atomic mass is 9.98. The van der Waals surface area contributed by atoms with Crippen LogP contribution in [0.1, 0.15) is 45.4 Å². The van der Waals surface area contributed by atoms with E-state index in [1.807, 2.05) is 25.1 Å². The number of ketones is 1. The average Bonchev–Trinajstić information content (AvgIpc) is 3.28. The molecule has 4 atom stereocenters. The monoisotopic (exact) mass is 327 g/mol. The average molecular weight is 327 g/mol. The van der Waals surface area contributed by atoms with Crippen molar-refractivity contribution in [3.8, 4) is 11.5 Å². The minimum atomic E-state index is -0.0537. The van der Waals surface area contributed by atoms with Gasteiger partial charge in [-0.05, 0) is 56.1 Å². The Balaban J connectivity index is 1.57. The number of rotatable bonds is 4. The first-order chi connectivity index (χ1) is 11.6. The number of hydrogen-bond acceptors (Lipinski definition) is 4. The molecular weight excluding hydrogens is 302 g/mol. The zero-order valence-corrected chi connectivity index (χ0v) is 14.5. The fourth-order valence-corrected chi connectivity index (χ4v) is 4.51. The summed E-state index contributed by atoms with van der Waals surface area (Å²) in [6.45, 7) is 1.95. The summed E-state index contributed by atoms with van der Waals surface area (Å²) in [6.07, 6.45) is 6.83. The van der Waals surface area contributed by atoms with Gasteiger partial charge in [0, 0.05) is 18.2 Å². The summed E-state index contributed by atoms with van der Waals surface area (Å²) in [5.74, 6) is 3.33. The Morgan fingerprint density at radius 1 is 1.12 bits per heavy atom. The van der Waals surface area contributed by atoms with Crippen molar-refractivity contribution in [3.63, 3.8) is 0 Å². The van der Waals surface area contributed by atoms with Gasteiger partial charge in [0.05, 0.1) is 18.7 Å². The molecule has 128 valence electrons. The number of carbonyl (C=O) groups is 1. The molecule has 1 unspecified atom stereocenters. The second kappa shape index (κ2) is 6.23. The Labute approximate surface area is 143 Å². The number of fused-ring (bicyclic) bond motifs is 2. The Hall–Kier alpha value is -1.84. The van der Waals surface area contributed by atoms with Crippen LogP contribution >= 0.6 is 0 Å². The summed E-state index contributed by atoms with van der Waals surface area (Å²) >= 11 is 0. The Morgan fingerprint density at radius 3 is 2.62 bits per heavy atom. The van der Waals surface area contributed by atoms with E-state index in [2.05, 4.69) is 0 Å². The highest BCUT2D eigenvalue weighted by atomic mass is 16.5. The summed E-state index contributed by atoms with van der Waals surface area (Å²) < 4.78 is 11.8. The van der Waals surface area contributed by atoms with Crippen LogP contribution in [0.4, 0.5) is 5.69 Å². The van der Waals surface area contributed by atoms with Crippen molar-refractivity contribution in [2.45, 2.75) is 51.6 Å². The molecule has 0 heterocycles. The molecule has 1 aromatic rings. The first kappa shape index (κ1) is 15.7. The Bertz CT molecular complexity index is 681. The number of methoxy groups -OCH3 is 1.